The number of ether oxygens (including phenoxy) is 2. The summed E-state index contributed by atoms with van der Waals surface area (Å²) in [7, 11) is 0. The Labute approximate surface area is 225 Å². The van der Waals surface area contributed by atoms with E-state index in [-0.39, 0.29) is 29.7 Å². The number of rotatable bonds is 8. The summed E-state index contributed by atoms with van der Waals surface area (Å²) in [6.07, 6.45) is 0.564. The number of aromatic nitrogens is 4. The number of amides is 1. The Morgan fingerprint density at radius 3 is 2.48 bits per heavy atom. The number of fused-ring (bicyclic) bond motifs is 1. The van der Waals surface area contributed by atoms with Crippen molar-refractivity contribution in [2.45, 2.75) is 57.5 Å². The highest BCUT2D eigenvalue weighted by molar-refractivity contribution is 5.77. The molecular formula is C25H28F5N7O3. The Morgan fingerprint density at radius 1 is 1.07 bits per heavy atom. The fraction of sp³-hybridized carbons (Fsp3) is 0.520. The van der Waals surface area contributed by atoms with E-state index in [1.165, 1.54) is 6.20 Å². The summed E-state index contributed by atoms with van der Waals surface area (Å²) in [6, 6.07) is 1.74. The van der Waals surface area contributed by atoms with Crippen molar-refractivity contribution in [3.05, 3.63) is 30.0 Å². The molecule has 2 aliphatic rings. The van der Waals surface area contributed by atoms with E-state index in [9.17, 15) is 26.7 Å². The summed E-state index contributed by atoms with van der Waals surface area (Å²) in [6.45, 7) is 1.63. The molecule has 2 fully saturated rings. The van der Waals surface area contributed by atoms with Gasteiger partial charge in [0.25, 0.3) is 0 Å². The molecule has 0 radical (unpaired) electrons. The zero-order chi connectivity index (χ0) is 28.4. The van der Waals surface area contributed by atoms with Crippen LogP contribution in [0.25, 0.3) is 11.2 Å². The number of hydrogen-bond donors (Lipinski definition) is 3. The smallest absolute Gasteiger partial charge is 0.403 e. The number of imidazole rings is 1. The Morgan fingerprint density at radius 2 is 1.80 bits per heavy atom. The maximum Gasteiger partial charge on any atom is 0.573 e. The topological polar surface area (TPSA) is 129 Å². The molecule has 0 spiro atoms. The molecule has 15 heteroatoms. The Hall–Kier alpha value is -3.75. The quantitative estimate of drug-likeness (QED) is 0.335. The van der Waals surface area contributed by atoms with E-state index in [2.05, 4.69) is 30.3 Å². The maximum absolute atomic E-state index is 14.8. The number of nitrogens with zero attached hydrogens (tertiary/aromatic N) is 4. The molecule has 1 saturated carbocycles. The average molecular weight is 570 g/mol. The lowest BCUT2D eigenvalue weighted by molar-refractivity contribution is -0.275. The number of alkyl halides is 3. The number of carbonyl (C=O) groups excluding carboxylic acids is 1. The SMILES string of the molecule is NC(=O)C1CCC(Cn2c(Nc3ccc(OC(F)(F)F)c(F)c3F)nc3cnc(NC4CCOCC4)nc32)CC1. The average Bonchev–Trinajstić information content (AvgIpc) is 3.24. The second kappa shape index (κ2) is 11.4. The zero-order valence-corrected chi connectivity index (χ0v) is 21.3. The standard InChI is InChI=1S/C25H28F5N7O3/c26-19-16(5-6-18(20(19)27)40-25(28,29)30)34-24-35-17-11-32-23(33-15-7-9-39-10-8-15)36-22(17)37(24)12-13-1-3-14(4-2-13)21(31)38/h5-6,11,13-15H,1-4,7-10,12H2,(H2,31,38)(H,34,35)(H,32,33,36). The molecule has 5 rings (SSSR count). The molecule has 3 aromatic rings. The van der Waals surface area contributed by atoms with Gasteiger partial charge in [-0.25, -0.2) is 14.4 Å². The summed E-state index contributed by atoms with van der Waals surface area (Å²) in [5.74, 6) is -4.58. The molecule has 0 unspecified atom stereocenters. The Bertz CT molecular complexity index is 1370. The van der Waals surface area contributed by atoms with Crippen molar-refractivity contribution in [2.24, 2.45) is 17.6 Å². The van der Waals surface area contributed by atoms with Gasteiger partial charge in [-0.3, -0.25) is 9.36 Å². The van der Waals surface area contributed by atoms with Crippen LogP contribution in [0.1, 0.15) is 38.5 Å². The van der Waals surface area contributed by atoms with Crippen LogP contribution in [0.3, 0.4) is 0 Å². The van der Waals surface area contributed by atoms with Crippen molar-refractivity contribution in [3.63, 3.8) is 0 Å². The molecule has 4 N–H and O–H groups in total. The van der Waals surface area contributed by atoms with E-state index in [4.69, 9.17) is 10.5 Å². The van der Waals surface area contributed by atoms with Crippen LogP contribution in [-0.2, 0) is 16.1 Å². The van der Waals surface area contributed by atoms with Crippen LogP contribution >= 0.6 is 0 Å². The highest BCUT2D eigenvalue weighted by Gasteiger charge is 2.33. The molecule has 2 aromatic heterocycles. The number of anilines is 3. The Kier molecular flexibility index (Phi) is 7.92. The third-order valence-corrected chi connectivity index (χ3v) is 7.25. The first-order chi connectivity index (χ1) is 19.1. The van der Waals surface area contributed by atoms with E-state index in [0.29, 0.717) is 68.6 Å². The van der Waals surface area contributed by atoms with Crippen LogP contribution in [0.15, 0.2) is 18.3 Å². The molecule has 216 valence electrons. The van der Waals surface area contributed by atoms with Gasteiger partial charge in [-0.05, 0) is 56.6 Å². The second-order valence-corrected chi connectivity index (χ2v) is 10.0. The molecule has 1 amide bonds. The van der Waals surface area contributed by atoms with Gasteiger partial charge in [-0.2, -0.15) is 9.37 Å². The van der Waals surface area contributed by atoms with Crippen molar-refractivity contribution in [1.29, 1.82) is 0 Å². The lowest BCUT2D eigenvalue weighted by atomic mass is 9.81. The van der Waals surface area contributed by atoms with E-state index < -0.39 is 29.4 Å². The zero-order valence-electron chi connectivity index (χ0n) is 21.3. The molecule has 3 heterocycles. The minimum Gasteiger partial charge on any atom is -0.403 e. The van der Waals surface area contributed by atoms with E-state index in [0.717, 1.165) is 18.9 Å². The number of benzene rings is 1. The minimum absolute atomic E-state index is 0.104. The predicted molar refractivity (Wildman–Crippen MR) is 134 cm³/mol. The predicted octanol–water partition coefficient (Wildman–Crippen LogP) is 4.63. The van der Waals surface area contributed by atoms with Gasteiger partial charge in [0.05, 0.1) is 11.9 Å². The van der Waals surface area contributed by atoms with Gasteiger partial charge in [0.1, 0.15) is 5.52 Å². The third-order valence-electron chi connectivity index (χ3n) is 7.25. The summed E-state index contributed by atoms with van der Waals surface area (Å²) in [4.78, 5) is 25.0. The van der Waals surface area contributed by atoms with Crippen LogP contribution in [0.5, 0.6) is 5.75 Å². The van der Waals surface area contributed by atoms with E-state index >= 15 is 0 Å². The monoisotopic (exact) mass is 569 g/mol. The minimum atomic E-state index is -5.18. The van der Waals surface area contributed by atoms with Crippen LogP contribution < -0.4 is 21.1 Å². The van der Waals surface area contributed by atoms with Gasteiger partial charge in [-0.1, -0.05) is 0 Å². The maximum atomic E-state index is 14.8. The van der Waals surface area contributed by atoms with Crippen molar-refractivity contribution in [3.8, 4) is 5.75 Å². The van der Waals surface area contributed by atoms with Gasteiger partial charge < -0.3 is 25.8 Å². The summed E-state index contributed by atoms with van der Waals surface area (Å²) in [5.41, 5.74) is 5.84. The second-order valence-electron chi connectivity index (χ2n) is 10.0. The molecular weight excluding hydrogens is 541 g/mol. The fourth-order valence-electron chi connectivity index (χ4n) is 5.12. The molecule has 40 heavy (non-hydrogen) atoms. The van der Waals surface area contributed by atoms with Crippen LogP contribution in [0.4, 0.5) is 39.5 Å². The van der Waals surface area contributed by atoms with E-state index in [1.807, 2.05) is 0 Å². The molecule has 0 atom stereocenters. The van der Waals surface area contributed by atoms with Gasteiger partial charge >= 0.3 is 6.36 Å². The third kappa shape index (κ3) is 6.35. The highest BCUT2D eigenvalue weighted by Crippen LogP contribution is 2.34. The van der Waals surface area contributed by atoms with Crippen molar-refractivity contribution >= 4 is 34.7 Å². The Balaban J connectivity index is 1.45. The van der Waals surface area contributed by atoms with Gasteiger partial charge in [0.15, 0.2) is 17.2 Å². The normalized spacial score (nSPS) is 20.4. The number of halogens is 5. The molecule has 1 aliphatic heterocycles. The van der Waals surface area contributed by atoms with Crippen LogP contribution in [0.2, 0.25) is 0 Å². The van der Waals surface area contributed by atoms with Crippen molar-refractivity contribution in [1.82, 2.24) is 19.5 Å². The van der Waals surface area contributed by atoms with Crippen LogP contribution in [0, 0.1) is 23.5 Å². The first-order valence-corrected chi connectivity index (χ1v) is 12.9. The number of carbonyl (C=O) groups is 1. The van der Waals surface area contributed by atoms with Crippen molar-refractivity contribution in [2.75, 3.05) is 23.8 Å². The lowest BCUT2D eigenvalue weighted by Gasteiger charge is -2.27. The first-order valence-electron chi connectivity index (χ1n) is 12.9. The number of primary amides is 1. The molecule has 1 aliphatic carbocycles. The van der Waals surface area contributed by atoms with Gasteiger partial charge in [0.2, 0.25) is 23.6 Å². The largest absolute Gasteiger partial charge is 0.573 e. The van der Waals surface area contributed by atoms with Crippen molar-refractivity contribution < 1.29 is 36.2 Å². The van der Waals surface area contributed by atoms with Crippen LogP contribution in [-0.4, -0.2) is 51.0 Å². The summed E-state index contributed by atoms with van der Waals surface area (Å²) < 4.78 is 77.5. The number of hydrogen-bond acceptors (Lipinski definition) is 8. The van der Waals surface area contributed by atoms with Gasteiger partial charge in [0, 0.05) is 31.7 Å². The summed E-state index contributed by atoms with van der Waals surface area (Å²) >= 11 is 0. The van der Waals surface area contributed by atoms with Gasteiger partial charge in [-0.15, -0.1) is 13.2 Å². The number of nitrogens with one attached hydrogen (secondary N) is 2. The summed E-state index contributed by atoms with van der Waals surface area (Å²) in [5, 5.41) is 5.99. The molecule has 1 aromatic carbocycles. The van der Waals surface area contributed by atoms with E-state index in [1.54, 1.807) is 4.57 Å². The number of nitrogens with two attached hydrogens (primary N) is 1. The first kappa shape index (κ1) is 27.8. The molecule has 10 nitrogen and oxygen atoms in total. The highest BCUT2D eigenvalue weighted by atomic mass is 19.4. The fourth-order valence-corrected chi connectivity index (χ4v) is 5.12. The lowest BCUT2D eigenvalue weighted by Crippen LogP contribution is -2.29. The molecule has 0 bridgehead atoms. The molecule has 1 saturated heterocycles.